The summed E-state index contributed by atoms with van der Waals surface area (Å²) < 4.78 is 0. The van der Waals surface area contributed by atoms with Crippen LogP contribution in [-0.4, -0.2) is 53.2 Å². The van der Waals surface area contributed by atoms with Gasteiger partial charge in [0.2, 0.25) is 11.8 Å². The molecular weight excluding hydrogens is 372 g/mol. The predicted octanol–water partition coefficient (Wildman–Crippen LogP) is 0.320. The lowest BCUT2D eigenvalue weighted by Crippen LogP contribution is -2.58. The molecule has 1 aromatic rings. The molecule has 1 saturated carbocycles. The molecule has 0 aromatic heterocycles. The quantitative estimate of drug-likeness (QED) is 0.619. The molecule has 4 amide bonds. The summed E-state index contributed by atoms with van der Waals surface area (Å²) in [6, 6.07) is 4.33. The first kappa shape index (κ1) is 18.4. The van der Waals surface area contributed by atoms with Gasteiger partial charge in [-0.25, -0.2) is 0 Å². The Morgan fingerprint density at radius 2 is 1.90 bits per heavy atom. The molecule has 29 heavy (non-hydrogen) atoms. The second kappa shape index (κ2) is 6.74. The molecule has 1 aromatic carbocycles. The standard InChI is InChI=1S/C21H24N4O4/c26-17-4-3-16(18(27)24-17)25-19(28)14-2-1-12(9-15(14)20(25)29)10-22-11-21-7-5-13(21)6-8-23-21/h1-2,9,13,16,22-23H,3-8,10-11H2,(H,24,26,27). The summed E-state index contributed by atoms with van der Waals surface area (Å²) in [4.78, 5) is 50.1. The molecule has 0 bridgehead atoms. The summed E-state index contributed by atoms with van der Waals surface area (Å²) in [6.45, 7) is 2.59. The van der Waals surface area contributed by atoms with Crippen LogP contribution in [0.3, 0.4) is 0 Å². The number of hydrogen-bond donors (Lipinski definition) is 3. The van der Waals surface area contributed by atoms with Crippen molar-refractivity contribution in [3.05, 3.63) is 34.9 Å². The molecule has 0 radical (unpaired) electrons. The average Bonchev–Trinajstić information content (AvgIpc) is 3.10. The van der Waals surface area contributed by atoms with E-state index in [1.807, 2.05) is 6.07 Å². The van der Waals surface area contributed by atoms with Crippen molar-refractivity contribution in [2.75, 3.05) is 13.1 Å². The van der Waals surface area contributed by atoms with Crippen LogP contribution in [0.4, 0.5) is 0 Å². The van der Waals surface area contributed by atoms with Gasteiger partial charge < -0.3 is 10.6 Å². The van der Waals surface area contributed by atoms with E-state index < -0.39 is 23.8 Å². The molecule has 8 heteroatoms. The Morgan fingerprint density at radius 3 is 2.62 bits per heavy atom. The molecule has 8 nitrogen and oxygen atoms in total. The summed E-state index contributed by atoms with van der Waals surface area (Å²) >= 11 is 0. The normalized spacial score (nSPS) is 30.8. The van der Waals surface area contributed by atoms with Crippen LogP contribution >= 0.6 is 0 Å². The van der Waals surface area contributed by atoms with Crippen molar-refractivity contribution >= 4 is 23.6 Å². The molecule has 4 aliphatic rings. The number of fused-ring (bicyclic) bond motifs is 2. The van der Waals surface area contributed by atoms with Gasteiger partial charge in [-0.3, -0.25) is 29.4 Å². The van der Waals surface area contributed by atoms with E-state index in [4.69, 9.17) is 0 Å². The second-order valence-corrected chi connectivity index (χ2v) is 8.54. The summed E-state index contributed by atoms with van der Waals surface area (Å²) in [5.74, 6) is -1.13. The predicted molar refractivity (Wildman–Crippen MR) is 103 cm³/mol. The van der Waals surface area contributed by atoms with Crippen LogP contribution in [0.1, 0.15) is 58.4 Å². The number of benzene rings is 1. The maximum atomic E-state index is 12.9. The minimum absolute atomic E-state index is 0.121. The van der Waals surface area contributed by atoms with Crippen LogP contribution < -0.4 is 16.0 Å². The third kappa shape index (κ3) is 2.89. The number of carbonyl (C=O) groups is 4. The Bertz CT molecular complexity index is 929. The second-order valence-electron chi connectivity index (χ2n) is 8.54. The molecule has 3 atom stereocenters. The molecule has 2 saturated heterocycles. The van der Waals surface area contributed by atoms with Crippen LogP contribution in [0.2, 0.25) is 0 Å². The van der Waals surface area contributed by atoms with Gasteiger partial charge in [-0.05, 0) is 55.8 Å². The van der Waals surface area contributed by atoms with E-state index in [9.17, 15) is 19.2 Å². The molecule has 3 N–H and O–H groups in total. The summed E-state index contributed by atoms with van der Waals surface area (Å²) in [6.07, 6.45) is 4.02. The number of nitrogens with one attached hydrogen (secondary N) is 3. The van der Waals surface area contributed by atoms with Crippen molar-refractivity contribution in [3.8, 4) is 0 Å². The molecule has 0 spiro atoms. The van der Waals surface area contributed by atoms with Crippen molar-refractivity contribution in [2.24, 2.45) is 5.92 Å². The lowest BCUT2D eigenvalue weighted by molar-refractivity contribution is -0.136. The van der Waals surface area contributed by atoms with Crippen molar-refractivity contribution in [1.29, 1.82) is 0 Å². The van der Waals surface area contributed by atoms with Crippen molar-refractivity contribution in [1.82, 2.24) is 20.9 Å². The first-order valence-electron chi connectivity index (χ1n) is 10.3. The Morgan fingerprint density at radius 1 is 1.07 bits per heavy atom. The highest BCUT2D eigenvalue weighted by Gasteiger charge is 2.49. The Labute approximate surface area is 168 Å². The number of amides is 4. The summed E-state index contributed by atoms with van der Waals surface area (Å²) in [5.41, 5.74) is 1.81. The molecule has 3 heterocycles. The minimum Gasteiger partial charge on any atom is -0.311 e. The molecule has 3 unspecified atom stereocenters. The van der Waals surface area contributed by atoms with Crippen LogP contribution in [0.25, 0.3) is 0 Å². The Hall–Kier alpha value is -2.58. The van der Waals surface area contributed by atoms with Crippen molar-refractivity contribution < 1.29 is 19.2 Å². The van der Waals surface area contributed by atoms with E-state index in [0.717, 1.165) is 29.5 Å². The van der Waals surface area contributed by atoms with Gasteiger partial charge in [0, 0.05) is 25.0 Å². The van der Waals surface area contributed by atoms with E-state index >= 15 is 0 Å². The number of piperidine rings is 1. The largest absolute Gasteiger partial charge is 0.311 e. The molecular formula is C21H24N4O4. The SMILES string of the molecule is O=C1CCC(N2C(=O)c3ccc(CNCC45CCC4CCN5)cc3C2=O)C(=O)N1. The fourth-order valence-corrected chi connectivity index (χ4v) is 5.20. The maximum absolute atomic E-state index is 12.9. The van der Waals surface area contributed by atoms with Gasteiger partial charge in [0.1, 0.15) is 6.04 Å². The maximum Gasteiger partial charge on any atom is 0.262 e. The van der Waals surface area contributed by atoms with Gasteiger partial charge in [0.25, 0.3) is 11.8 Å². The number of hydrogen-bond acceptors (Lipinski definition) is 6. The third-order valence-electron chi connectivity index (χ3n) is 6.96. The molecule has 3 fully saturated rings. The van der Waals surface area contributed by atoms with E-state index in [2.05, 4.69) is 16.0 Å². The fourth-order valence-electron chi connectivity index (χ4n) is 5.20. The van der Waals surface area contributed by atoms with Gasteiger partial charge in [0.05, 0.1) is 11.1 Å². The van der Waals surface area contributed by atoms with Crippen molar-refractivity contribution in [3.63, 3.8) is 0 Å². The van der Waals surface area contributed by atoms with Gasteiger partial charge in [0.15, 0.2) is 0 Å². The lowest BCUT2D eigenvalue weighted by Gasteiger charge is -2.45. The van der Waals surface area contributed by atoms with E-state index in [1.54, 1.807) is 12.1 Å². The smallest absolute Gasteiger partial charge is 0.262 e. The van der Waals surface area contributed by atoms with E-state index in [1.165, 1.54) is 19.3 Å². The highest BCUT2D eigenvalue weighted by Crippen LogP contribution is 2.44. The van der Waals surface area contributed by atoms with Gasteiger partial charge in [-0.15, -0.1) is 0 Å². The number of imide groups is 2. The monoisotopic (exact) mass is 396 g/mol. The average molecular weight is 396 g/mol. The van der Waals surface area contributed by atoms with Gasteiger partial charge >= 0.3 is 0 Å². The topological polar surface area (TPSA) is 108 Å². The zero-order valence-corrected chi connectivity index (χ0v) is 16.1. The highest BCUT2D eigenvalue weighted by molar-refractivity contribution is 6.23. The first-order valence-corrected chi connectivity index (χ1v) is 10.3. The third-order valence-corrected chi connectivity index (χ3v) is 6.96. The van der Waals surface area contributed by atoms with E-state index in [-0.39, 0.29) is 24.3 Å². The zero-order valence-electron chi connectivity index (χ0n) is 16.1. The lowest BCUT2D eigenvalue weighted by atomic mass is 9.68. The number of rotatable bonds is 5. The highest BCUT2D eigenvalue weighted by atomic mass is 16.2. The minimum atomic E-state index is -0.926. The molecule has 5 rings (SSSR count). The van der Waals surface area contributed by atoms with Crippen molar-refractivity contribution in [2.45, 2.75) is 50.2 Å². The molecule has 152 valence electrons. The summed E-state index contributed by atoms with van der Waals surface area (Å²) in [7, 11) is 0. The summed E-state index contributed by atoms with van der Waals surface area (Å²) in [5, 5.41) is 9.34. The fraction of sp³-hybridized carbons (Fsp3) is 0.524. The van der Waals surface area contributed by atoms with E-state index in [0.29, 0.717) is 17.7 Å². The Balaban J connectivity index is 1.28. The number of nitrogens with zero attached hydrogens (tertiary/aromatic N) is 1. The zero-order chi connectivity index (χ0) is 20.2. The van der Waals surface area contributed by atoms with Gasteiger partial charge in [-0.1, -0.05) is 6.07 Å². The van der Waals surface area contributed by atoms with Crippen LogP contribution in [0.5, 0.6) is 0 Å². The van der Waals surface area contributed by atoms with Crippen LogP contribution in [0.15, 0.2) is 18.2 Å². The first-order chi connectivity index (χ1) is 14.0. The molecule has 1 aliphatic carbocycles. The number of carbonyl (C=O) groups excluding carboxylic acids is 4. The van der Waals surface area contributed by atoms with Crippen LogP contribution in [0, 0.1) is 5.92 Å². The Kier molecular flexibility index (Phi) is 4.29. The van der Waals surface area contributed by atoms with Crippen LogP contribution in [-0.2, 0) is 16.1 Å². The van der Waals surface area contributed by atoms with Gasteiger partial charge in [-0.2, -0.15) is 0 Å². The molecule has 3 aliphatic heterocycles.